The number of nitrogens with zero attached hydrogens (tertiary/aromatic N) is 3. The Balaban J connectivity index is 1.64. The van der Waals surface area contributed by atoms with Gasteiger partial charge in [0.15, 0.2) is 5.69 Å². The summed E-state index contributed by atoms with van der Waals surface area (Å²) in [5, 5.41) is 9.64. The van der Waals surface area contributed by atoms with Crippen molar-refractivity contribution in [1.29, 1.82) is 0 Å². The van der Waals surface area contributed by atoms with E-state index < -0.39 is 0 Å². The molecule has 2 aliphatic rings. The van der Waals surface area contributed by atoms with E-state index in [4.69, 9.17) is 4.74 Å². The van der Waals surface area contributed by atoms with Gasteiger partial charge in [-0.05, 0) is 13.0 Å². The van der Waals surface area contributed by atoms with Gasteiger partial charge in [-0.1, -0.05) is 0 Å². The molecule has 0 aliphatic carbocycles. The maximum atomic E-state index is 12.8. The molecule has 0 bridgehead atoms. The minimum atomic E-state index is -0.214. The smallest absolute Gasteiger partial charge is 0.271 e. The van der Waals surface area contributed by atoms with Gasteiger partial charge in [0, 0.05) is 58.0 Å². The Morgan fingerprint density at radius 3 is 3.00 bits per heavy atom. The van der Waals surface area contributed by atoms with Gasteiger partial charge in [-0.15, -0.1) is 0 Å². The second-order valence-corrected chi connectivity index (χ2v) is 6.40. The van der Waals surface area contributed by atoms with Gasteiger partial charge in [-0.3, -0.25) is 14.7 Å². The molecule has 0 spiro atoms. The van der Waals surface area contributed by atoms with Crippen LogP contribution in [0.1, 0.15) is 28.2 Å². The summed E-state index contributed by atoms with van der Waals surface area (Å²) in [6.07, 6.45) is 1.60. The van der Waals surface area contributed by atoms with Crippen molar-refractivity contribution in [2.45, 2.75) is 19.4 Å². The number of aromatic nitrogens is 2. The van der Waals surface area contributed by atoms with Crippen molar-refractivity contribution >= 4 is 11.8 Å². The molecule has 2 aliphatic heterocycles. The van der Waals surface area contributed by atoms with Crippen molar-refractivity contribution in [3.8, 4) is 0 Å². The van der Waals surface area contributed by atoms with Crippen LogP contribution < -0.4 is 5.32 Å². The molecule has 8 heteroatoms. The molecule has 0 aromatic carbocycles. The number of fused-ring (bicyclic) bond motifs is 1. The van der Waals surface area contributed by atoms with Crippen molar-refractivity contribution in [1.82, 2.24) is 25.3 Å². The number of nitrogens with one attached hydrogen (secondary N) is 2. The Morgan fingerprint density at radius 2 is 2.25 bits per heavy atom. The molecule has 1 aromatic heterocycles. The SMILES string of the molecule is CNC(=O)c1n[nH]c2c1CN(C(=O)[C@@H]1CCN(CCOC)C1)CC2. The summed E-state index contributed by atoms with van der Waals surface area (Å²) in [6, 6.07) is 0. The average molecular weight is 335 g/mol. The first kappa shape index (κ1) is 16.9. The first-order valence-electron chi connectivity index (χ1n) is 8.42. The normalized spacial score (nSPS) is 20.9. The number of hydrogen-bond donors (Lipinski definition) is 2. The molecule has 0 radical (unpaired) electrons. The van der Waals surface area contributed by atoms with Crippen molar-refractivity contribution in [3.63, 3.8) is 0 Å². The van der Waals surface area contributed by atoms with Crippen LogP contribution in [0.25, 0.3) is 0 Å². The van der Waals surface area contributed by atoms with E-state index in [0.29, 0.717) is 31.8 Å². The number of ether oxygens (including phenoxy) is 1. The van der Waals surface area contributed by atoms with Gasteiger partial charge in [0.05, 0.1) is 12.5 Å². The first-order chi connectivity index (χ1) is 11.6. The minimum Gasteiger partial charge on any atom is -0.383 e. The highest BCUT2D eigenvalue weighted by molar-refractivity contribution is 5.94. The molecule has 132 valence electrons. The van der Waals surface area contributed by atoms with Crippen LogP contribution in [0.4, 0.5) is 0 Å². The quantitative estimate of drug-likeness (QED) is 0.766. The Bertz CT molecular complexity index is 615. The van der Waals surface area contributed by atoms with Crippen LogP contribution in [0.3, 0.4) is 0 Å². The number of amides is 2. The molecule has 3 heterocycles. The monoisotopic (exact) mass is 335 g/mol. The fourth-order valence-electron chi connectivity index (χ4n) is 3.51. The molecule has 1 fully saturated rings. The lowest BCUT2D eigenvalue weighted by molar-refractivity contribution is -0.136. The summed E-state index contributed by atoms with van der Waals surface area (Å²) in [5.41, 5.74) is 2.21. The van der Waals surface area contributed by atoms with Gasteiger partial charge in [0.1, 0.15) is 0 Å². The van der Waals surface area contributed by atoms with Crippen LogP contribution in [-0.2, 0) is 22.5 Å². The topological polar surface area (TPSA) is 90.6 Å². The Labute approximate surface area is 141 Å². The van der Waals surface area contributed by atoms with Crippen LogP contribution in [-0.4, -0.2) is 78.8 Å². The zero-order valence-corrected chi connectivity index (χ0v) is 14.3. The largest absolute Gasteiger partial charge is 0.383 e. The summed E-state index contributed by atoms with van der Waals surface area (Å²) in [5.74, 6) is 0.0109. The molecule has 1 saturated heterocycles. The zero-order chi connectivity index (χ0) is 17.1. The third kappa shape index (κ3) is 3.29. The van der Waals surface area contributed by atoms with Crippen LogP contribution in [0, 0.1) is 5.92 Å². The molecule has 2 N–H and O–H groups in total. The van der Waals surface area contributed by atoms with E-state index in [1.165, 1.54) is 0 Å². The number of likely N-dealkylation sites (tertiary alicyclic amines) is 1. The van der Waals surface area contributed by atoms with Crippen molar-refractivity contribution < 1.29 is 14.3 Å². The van der Waals surface area contributed by atoms with Gasteiger partial charge in [0.25, 0.3) is 5.91 Å². The van der Waals surface area contributed by atoms with Crippen LogP contribution in [0.5, 0.6) is 0 Å². The van der Waals surface area contributed by atoms with Crippen molar-refractivity contribution in [3.05, 3.63) is 17.0 Å². The van der Waals surface area contributed by atoms with Crippen LogP contribution in [0.2, 0.25) is 0 Å². The van der Waals surface area contributed by atoms with Crippen LogP contribution in [0.15, 0.2) is 0 Å². The second-order valence-electron chi connectivity index (χ2n) is 6.40. The van der Waals surface area contributed by atoms with E-state index in [2.05, 4.69) is 20.4 Å². The van der Waals surface area contributed by atoms with E-state index in [1.807, 2.05) is 4.90 Å². The molecule has 8 nitrogen and oxygen atoms in total. The molecule has 1 aromatic rings. The number of aromatic amines is 1. The summed E-state index contributed by atoms with van der Waals surface area (Å²) in [7, 11) is 3.28. The average Bonchev–Trinajstić information content (AvgIpc) is 3.25. The lowest BCUT2D eigenvalue weighted by atomic mass is 10.0. The standard InChI is InChI=1S/C16H25N5O3/c1-17-15(22)14-12-10-21(6-4-13(12)18-19-14)16(23)11-3-5-20(9-11)7-8-24-2/h11H,3-10H2,1-2H3,(H,17,22)(H,18,19)/t11-/m1/s1. The molecule has 24 heavy (non-hydrogen) atoms. The van der Waals surface area contributed by atoms with Crippen LogP contribution >= 0.6 is 0 Å². The Kier molecular flexibility index (Phi) is 5.15. The van der Waals surface area contributed by atoms with E-state index in [1.54, 1.807) is 14.2 Å². The number of hydrogen-bond acceptors (Lipinski definition) is 5. The molecule has 3 rings (SSSR count). The van der Waals surface area contributed by atoms with Gasteiger partial charge in [-0.2, -0.15) is 5.10 Å². The van der Waals surface area contributed by atoms with E-state index in [9.17, 15) is 9.59 Å². The van der Waals surface area contributed by atoms with Crippen molar-refractivity contribution in [2.24, 2.45) is 5.92 Å². The van der Waals surface area contributed by atoms with E-state index in [0.717, 1.165) is 37.3 Å². The Morgan fingerprint density at radius 1 is 1.42 bits per heavy atom. The van der Waals surface area contributed by atoms with Crippen molar-refractivity contribution in [2.75, 3.05) is 46.9 Å². The first-order valence-corrected chi connectivity index (χ1v) is 8.42. The van der Waals surface area contributed by atoms with Gasteiger partial charge >= 0.3 is 0 Å². The maximum Gasteiger partial charge on any atom is 0.271 e. The molecule has 0 unspecified atom stereocenters. The predicted molar refractivity (Wildman–Crippen MR) is 87.5 cm³/mol. The molecular formula is C16H25N5O3. The lowest BCUT2D eigenvalue weighted by Crippen LogP contribution is -2.41. The summed E-state index contributed by atoms with van der Waals surface area (Å²) < 4.78 is 5.11. The highest BCUT2D eigenvalue weighted by Gasteiger charge is 2.34. The third-order valence-corrected chi connectivity index (χ3v) is 4.92. The highest BCUT2D eigenvalue weighted by Crippen LogP contribution is 2.25. The minimum absolute atomic E-state index is 0.0405. The number of carbonyl (C=O) groups excluding carboxylic acids is 2. The number of carbonyl (C=O) groups is 2. The highest BCUT2D eigenvalue weighted by atomic mass is 16.5. The fourth-order valence-corrected chi connectivity index (χ4v) is 3.51. The summed E-state index contributed by atoms with van der Waals surface area (Å²) in [6.45, 7) is 4.43. The third-order valence-electron chi connectivity index (χ3n) is 4.92. The summed E-state index contributed by atoms with van der Waals surface area (Å²) >= 11 is 0. The number of methoxy groups -OCH3 is 1. The molecular weight excluding hydrogens is 310 g/mol. The second kappa shape index (κ2) is 7.31. The molecule has 1 atom stereocenters. The Hall–Kier alpha value is -1.93. The van der Waals surface area contributed by atoms with E-state index in [-0.39, 0.29) is 17.7 Å². The van der Waals surface area contributed by atoms with Gasteiger partial charge < -0.3 is 19.9 Å². The zero-order valence-electron chi connectivity index (χ0n) is 14.3. The van der Waals surface area contributed by atoms with Gasteiger partial charge in [-0.25, -0.2) is 0 Å². The molecule has 0 saturated carbocycles. The van der Waals surface area contributed by atoms with Gasteiger partial charge in [0.2, 0.25) is 5.91 Å². The van der Waals surface area contributed by atoms with E-state index >= 15 is 0 Å². The maximum absolute atomic E-state index is 12.8. The predicted octanol–water partition coefficient (Wildman–Crippen LogP) is -0.378. The fraction of sp³-hybridized carbons (Fsp3) is 0.688. The number of H-pyrrole nitrogens is 1. The summed E-state index contributed by atoms with van der Waals surface area (Å²) in [4.78, 5) is 28.9. The lowest BCUT2D eigenvalue weighted by Gasteiger charge is -2.29. The number of rotatable bonds is 5. The molecule has 2 amide bonds.